The Labute approximate surface area is 66.4 Å². The molecule has 2 rings (SSSR count). The van der Waals surface area contributed by atoms with E-state index in [1.807, 2.05) is 6.92 Å². The zero-order valence-corrected chi connectivity index (χ0v) is 6.80. The van der Waals surface area contributed by atoms with Crippen LogP contribution in [0.5, 0.6) is 0 Å². The fourth-order valence-electron chi connectivity index (χ4n) is 1.68. The zero-order valence-electron chi connectivity index (χ0n) is 6.80. The summed E-state index contributed by atoms with van der Waals surface area (Å²) in [5.74, 6) is -0.286. The lowest BCUT2D eigenvalue weighted by Gasteiger charge is -2.30. The summed E-state index contributed by atoms with van der Waals surface area (Å²) in [6.07, 6.45) is 3.00. The van der Waals surface area contributed by atoms with Crippen molar-refractivity contribution < 1.29 is 9.47 Å². The molecule has 62 valence electrons. The van der Waals surface area contributed by atoms with E-state index in [2.05, 4.69) is 4.99 Å². The Kier molecular flexibility index (Phi) is 1.69. The smallest absolute Gasteiger partial charge is 0.175 e. The summed E-state index contributed by atoms with van der Waals surface area (Å²) >= 11 is 0. The first-order valence-corrected chi connectivity index (χ1v) is 4.09. The molecule has 1 atom stereocenters. The summed E-state index contributed by atoms with van der Waals surface area (Å²) in [5.41, 5.74) is 1.15. The van der Waals surface area contributed by atoms with Crippen molar-refractivity contribution in [3.8, 4) is 0 Å². The molecule has 0 radical (unpaired) electrons. The maximum absolute atomic E-state index is 5.55. The molecule has 0 aromatic rings. The molecule has 3 nitrogen and oxygen atoms in total. The Hall–Kier alpha value is -0.410. The summed E-state index contributed by atoms with van der Waals surface area (Å²) in [6.45, 7) is 3.35. The second-order valence-electron chi connectivity index (χ2n) is 3.21. The average molecular weight is 155 g/mol. The van der Waals surface area contributed by atoms with Crippen LogP contribution in [0.1, 0.15) is 26.2 Å². The van der Waals surface area contributed by atoms with Crippen molar-refractivity contribution in [3.05, 3.63) is 0 Å². The van der Waals surface area contributed by atoms with E-state index in [1.165, 1.54) is 0 Å². The lowest BCUT2D eigenvalue weighted by molar-refractivity contribution is -0.208. The first-order chi connectivity index (χ1) is 5.31. The molecule has 2 heterocycles. The van der Waals surface area contributed by atoms with E-state index in [-0.39, 0.29) is 5.79 Å². The summed E-state index contributed by atoms with van der Waals surface area (Å²) in [4.78, 5) is 4.16. The van der Waals surface area contributed by atoms with E-state index in [0.717, 1.165) is 31.6 Å². The van der Waals surface area contributed by atoms with E-state index in [9.17, 15) is 0 Å². The van der Waals surface area contributed by atoms with Crippen molar-refractivity contribution in [2.45, 2.75) is 32.0 Å². The average Bonchev–Trinajstić information content (AvgIpc) is 2.37. The number of hydrogen-bond acceptors (Lipinski definition) is 3. The van der Waals surface area contributed by atoms with Crippen molar-refractivity contribution in [2.75, 3.05) is 13.3 Å². The molecule has 1 saturated heterocycles. The van der Waals surface area contributed by atoms with Crippen LogP contribution in [0.2, 0.25) is 0 Å². The van der Waals surface area contributed by atoms with Gasteiger partial charge in [0.25, 0.3) is 0 Å². The molecule has 0 aromatic heterocycles. The molecule has 0 aliphatic carbocycles. The normalized spacial score (nSPS) is 37.7. The predicted octanol–water partition coefficient (Wildman–Crippen LogP) is 1.33. The van der Waals surface area contributed by atoms with Crippen LogP contribution in [0, 0.1) is 0 Å². The molecule has 2 aliphatic heterocycles. The van der Waals surface area contributed by atoms with E-state index in [0.29, 0.717) is 6.73 Å². The molecule has 0 aromatic carbocycles. The third kappa shape index (κ3) is 1.30. The number of nitrogens with zero attached hydrogens (tertiary/aromatic N) is 1. The van der Waals surface area contributed by atoms with Crippen LogP contribution in [0.4, 0.5) is 0 Å². The minimum atomic E-state index is -0.286. The zero-order chi connectivity index (χ0) is 7.73. The van der Waals surface area contributed by atoms with Gasteiger partial charge in [0.2, 0.25) is 0 Å². The van der Waals surface area contributed by atoms with E-state index < -0.39 is 0 Å². The minimum Gasteiger partial charge on any atom is -0.349 e. The quantitative estimate of drug-likeness (QED) is 0.528. The predicted molar refractivity (Wildman–Crippen MR) is 41.6 cm³/mol. The topological polar surface area (TPSA) is 30.8 Å². The standard InChI is InChI=1S/C8H13NO2/c1-7-5-8(11-6-9-7)3-2-4-10-8/h2-6H2,1H3. The molecule has 0 N–H and O–H groups in total. The van der Waals surface area contributed by atoms with E-state index in [1.54, 1.807) is 0 Å². The molecule has 2 aliphatic rings. The van der Waals surface area contributed by atoms with Crippen molar-refractivity contribution in [1.29, 1.82) is 0 Å². The van der Waals surface area contributed by atoms with Crippen molar-refractivity contribution in [3.63, 3.8) is 0 Å². The van der Waals surface area contributed by atoms with Crippen LogP contribution in [-0.4, -0.2) is 24.8 Å². The van der Waals surface area contributed by atoms with Gasteiger partial charge in [0.15, 0.2) is 5.79 Å². The Morgan fingerprint density at radius 1 is 1.45 bits per heavy atom. The molecule has 1 spiro atoms. The monoisotopic (exact) mass is 155 g/mol. The van der Waals surface area contributed by atoms with Crippen LogP contribution < -0.4 is 0 Å². The van der Waals surface area contributed by atoms with Crippen LogP contribution in [0.3, 0.4) is 0 Å². The van der Waals surface area contributed by atoms with Crippen molar-refractivity contribution >= 4 is 5.71 Å². The molecule has 0 amide bonds. The highest BCUT2D eigenvalue weighted by Crippen LogP contribution is 2.32. The highest BCUT2D eigenvalue weighted by Gasteiger charge is 2.38. The van der Waals surface area contributed by atoms with Gasteiger partial charge in [0.1, 0.15) is 6.73 Å². The number of hydrogen-bond donors (Lipinski definition) is 0. The molecule has 11 heavy (non-hydrogen) atoms. The summed E-state index contributed by atoms with van der Waals surface area (Å²) < 4.78 is 11.0. The van der Waals surface area contributed by atoms with Gasteiger partial charge < -0.3 is 9.47 Å². The minimum absolute atomic E-state index is 0.286. The van der Waals surface area contributed by atoms with Crippen molar-refractivity contribution in [1.82, 2.24) is 0 Å². The first-order valence-electron chi connectivity index (χ1n) is 4.09. The molecule has 1 fully saturated rings. The molecule has 0 bridgehead atoms. The molecule has 3 heteroatoms. The van der Waals surface area contributed by atoms with Crippen LogP contribution in [-0.2, 0) is 9.47 Å². The third-order valence-corrected chi connectivity index (χ3v) is 2.25. The Balaban J connectivity index is 2.09. The van der Waals surface area contributed by atoms with Crippen molar-refractivity contribution in [2.24, 2.45) is 4.99 Å². The van der Waals surface area contributed by atoms with Gasteiger partial charge in [-0.05, 0) is 13.3 Å². The van der Waals surface area contributed by atoms with Crippen LogP contribution in [0.15, 0.2) is 4.99 Å². The first kappa shape index (κ1) is 7.25. The van der Waals surface area contributed by atoms with Gasteiger partial charge in [-0.25, -0.2) is 0 Å². The summed E-state index contributed by atoms with van der Waals surface area (Å²) in [7, 11) is 0. The highest BCUT2D eigenvalue weighted by atomic mass is 16.7. The van der Waals surface area contributed by atoms with Crippen LogP contribution >= 0.6 is 0 Å². The lowest BCUT2D eigenvalue weighted by atomic mass is 10.1. The third-order valence-electron chi connectivity index (χ3n) is 2.25. The van der Waals surface area contributed by atoms with Gasteiger partial charge in [0, 0.05) is 18.6 Å². The molecule has 1 unspecified atom stereocenters. The van der Waals surface area contributed by atoms with E-state index in [4.69, 9.17) is 9.47 Å². The maximum atomic E-state index is 5.55. The van der Waals surface area contributed by atoms with Gasteiger partial charge in [-0.15, -0.1) is 0 Å². The number of rotatable bonds is 0. The van der Waals surface area contributed by atoms with Gasteiger partial charge in [-0.1, -0.05) is 0 Å². The van der Waals surface area contributed by atoms with Gasteiger partial charge in [-0.2, -0.15) is 0 Å². The fourth-order valence-corrected chi connectivity index (χ4v) is 1.68. The number of ether oxygens (including phenoxy) is 2. The number of aliphatic imine (C=N–C) groups is 1. The second-order valence-corrected chi connectivity index (χ2v) is 3.21. The molecule has 0 saturated carbocycles. The van der Waals surface area contributed by atoms with Crippen LogP contribution in [0.25, 0.3) is 0 Å². The van der Waals surface area contributed by atoms with Gasteiger partial charge >= 0.3 is 0 Å². The largest absolute Gasteiger partial charge is 0.349 e. The highest BCUT2D eigenvalue weighted by molar-refractivity contribution is 5.83. The Morgan fingerprint density at radius 2 is 2.36 bits per heavy atom. The van der Waals surface area contributed by atoms with Gasteiger partial charge in [0.05, 0.1) is 6.61 Å². The maximum Gasteiger partial charge on any atom is 0.175 e. The van der Waals surface area contributed by atoms with E-state index >= 15 is 0 Å². The summed E-state index contributed by atoms with van der Waals surface area (Å²) in [6, 6.07) is 0. The SMILES string of the molecule is CC1=NCOC2(CCCO2)C1. The Morgan fingerprint density at radius 3 is 3.00 bits per heavy atom. The Bertz CT molecular complexity index is 183. The molecular formula is C8H13NO2. The van der Waals surface area contributed by atoms with Gasteiger partial charge in [-0.3, -0.25) is 4.99 Å². The second kappa shape index (κ2) is 2.57. The lowest BCUT2D eigenvalue weighted by Crippen LogP contribution is -2.37. The summed E-state index contributed by atoms with van der Waals surface area (Å²) in [5, 5.41) is 0. The fraction of sp³-hybridized carbons (Fsp3) is 0.875. The molecular weight excluding hydrogens is 142 g/mol.